The lowest BCUT2D eigenvalue weighted by atomic mass is 10.0. The molecule has 1 aromatic carbocycles. The first-order chi connectivity index (χ1) is 30.6. The van der Waals surface area contributed by atoms with E-state index in [0.717, 1.165) is 6.92 Å². The van der Waals surface area contributed by atoms with Gasteiger partial charge in [-0.2, -0.15) is 0 Å². The number of aliphatic hydroxyl groups excluding tert-OH is 2. The monoisotopic (exact) mass is 922 g/mol. The fourth-order valence-corrected chi connectivity index (χ4v) is 6.22. The molecule has 366 valence electrons. The first kappa shape index (κ1) is 57.3. The first-order valence-electron chi connectivity index (χ1n) is 21.8. The third-order valence-corrected chi connectivity index (χ3v) is 9.82. The second-order valence-corrected chi connectivity index (χ2v) is 16.3. The van der Waals surface area contributed by atoms with Crippen LogP contribution in [0.4, 0.5) is 0 Å². The van der Waals surface area contributed by atoms with E-state index in [9.17, 15) is 58.5 Å². The number of amides is 8. The number of nitrogens with two attached hydrogens (primary N) is 3. The van der Waals surface area contributed by atoms with Crippen molar-refractivity contribution in [2.24, 2.45) is 23.1 Å². The smallest absolute Gasteiger partial charge is 0.328 e. The van der Waals surface area contributed by atoms with Crippen molar-refractivity contribution in [3.8, 4) is 0 Å². The molecule has 9 unspecified atom stereocenters. The van der Waals surface area contributed by atoms with Crippen molar-refractivity contribution in [1.82, 2.24) is 42.5 Å². The van der Waals surface area contributed by atoms with Crippen LogP contribution in [0.5, 0.6) is 0 Å². The minimum Gasteiger partial charge on any atom is -0.480 e. The Balaban J connectivity index is 3.21. The quantitative estimate of drug-likeness (QED) is 0.0315. The Morgan fingerprint density at radius 2 is 1.00 bits per heavy atom. The Morgan fingerprint density at radius 3 is 1.48 bits per heavy atom. The summed E-state index contributed by atoms with van der Waals surface area (Å²) in [5.74, 6) is -8.09. The molecule has 0 fully saturated rings. The number of rotatable bonds is 31. The molecule has 23 heteroatoms. The fourth-order valence-electron chi connectivity index (χ4n) is 6.22. The number of aliphatic carboxylic acids is 1. The van der Waals surface area contributed by atoms with E-state index in [2.05, 4.69) is 42.5 Å². The van der Waals surface area contributed by atoms with Crippen LogP contribution in [-0.4, -0.2) is 149 Å². The summed E-state index contributed by atoms with van der Waals surface area (Å²) < 4.78 is 0. The number of carbonyl (C=O) groups excluding carboxylic acids is 8. The van der Waals surface area contributed by atoms with Gasteiger partial charge in [0.15, 0.2) is 6.04 Å². The number of benzene rings is 1. The van der Waals surface area contributed by atoms with Crippen molar-refractivity contribution in [3.63, 3.8) is 0 Å². The maximum atomic E-state index is 13.8. The van der Waals surface area contributed by atoms with Crippen LogP contribution in [0.1, 0.15) is 85.1 Å². The minimum absolute atomic E-state index is 0.0795. The van der Waals surface area contributed by atoms with Gasteiger partial charge in [0.25, 0.3) is 0 Å². The summed E-state index contributed by atoms with van der Waals surface area (Å²) in [6, 6.07) is -0.538. The van der Waals surface area contributed by atoms with Gasteiger partial charge in [0.1, 0.15) is 30.2 Å². The van der Waals surface area contributed by atoms with E-state index in [0.29, 0.717) is 37.8 Å². The van der Waals surface area contributed by atoms with E-state index in [4.69, 9.17) is 17.2 Å². The van der Waals surface area contributed by atoms with E-state index in [1.165, 1.54) is 13.8 Å². The number of nitrogens with one attached hydrogen (secondary N) is 8. The summed E-state index contributed by atoms with van der Waals surface area (Å²) >= 11 is 0. The predicted molar refractivity (Wildman–Crippen MR) is 238 cm³/mol. The van der Waals surface area contributed by atoms with Gasteiger partial charge in [0.2, 0.25) is 47.3 Å². The molecule has 0 aliphatic rings. The van der Waals surface area contributed by atoms with Gasteiger partial charge in [-0.15, -0.1) is 0 Å². The van der Waals surface area contributed by atoms with Crippen LogP contribution in [0, 0.1) is 5.92 Å². The number of carbonyl (C=O) groups is 9. The van der Waals surface area contributed by atoms with Gasteiger partial charge in [0.05, 0.1) is 31.3 Å². The number of hydrogen-bond acceptors (Lipinski definition) is 14. The van der Waals surface area contributed by atoms with Crippen LogP contribution in [0.15, 0.2) is 30.3 Å². The first-order valence-corrected chi connectivity index (χ1v) is 21.8. The van der Waals surface area contributed by atoms with Crippen molar-refractivity contribution in [3.05, 3.63) is 35.9 Å². The van der Waals surface area contributed by atoms with Crippen molar-refractivity contribution in [1.29, 1.82) is 0 Å². The summed E-state index contributed by atoms with van der Waals surface area (Å²) in [6.07, 6.45) is -0.732. The lowest BCUT2D eigenvalue weighted by Gasteiger charge is -2.28. The van der Waals surface area contributed by atoms with Gasteiger partial charge in [-0.05, 0) is 90.3 Å². The summed E-state index contributed by atoms with van der Waals surface area (Å²) in [7, 11) is 0. The maximum absolute atomic E-state index is 13.8. The SMILES string of the molecule is CC(C)CC(NC(=O)C(CCCCN)NC(=O)C(C)N)C(=O)NC(C(=O)NC(Cc1ccccc1)C(=O)NCC(=O)NC(CCCCN)C(=O)NCC(=O)NC(C(=O)O)C(C)O)C(C)O. The Kier molecular flexibility index (Phi) is 26.8. The summed E-state index contributed by atoms with van der Waals surface area (Å²) in [5.41, 5.74) is 17.5. The Morgan fingerprint density at radius 1 is 0.538 bits per heavy atom. The molecule has 0 aromatic heterocycles. The molecule has 0 aliphatic heterocycles. The zero-order valence-corrected chi connectivity index (χ0v) is 37.9. The van der Waals surface area contributed by atoms with E-state index in [1.807, 2.05) is 0 Å². The van der Waals surface area contributed by atoms with E-state index in [-0.39, 0.29) is 38.1 Å². The molecular formula is C42H71N11O12. The third kappa shape index (κ3) is 22.6. The highest BCUT2D eigenvalue weighted by atomic mass is 16.4. The highest BCUT2D eigenvalue weighted by Crippen LogP contribution is 2.10. The molecule has 9 atom stereocenters. The zero-order chi connectivity index (χ0) is 49.2. The molecule has 17 N–H and O–H groups in total. The maximum Gasteiger partial charge on any atom is 0.328 e. The summed E-state index contributed by atoms with van der Waals surface area (Å²) in [6.45, 7) is 6.74. The van der Waals surface area contributed by atoms with E-state index < -0.39 is 121 Å². The van der Waals surface area contributed by atoms with Gasteiger partial charge in [0, 0.05) is 6.42 Å². The van der Waals surface area contributed by atoms with Crippen LogP contribution in [0.2, 0.25) is 0 Å². The van der Waals surface area contributed by atoms with Gasteiger partial charge >= 0.3 is 5.97 Å². The summed E-state index contributed by atoms with van der Waals surface area (Å²) in [5, 5.41) is 49.1. The van der Waals surface area contributed by atoms with Crippen molar-refractivity contribution >= 4 is 53.2 Å². The molecule has 0 spiro atoms. The second-order valence-electron chi connectivity index (χ2n) is 16.3. The number of aliphatic hydroxyl groups is 2. The zero-order valence-electron chi connectivity index (χ0n) is 37.9. The molecule has 65 heavy (non-hydrogen) atoms. The lowest BCUT2D eigenvalue weighted by Crippen LogP contribution is -2.61. The minimum atomic E-state index is -1.64. The molecule has 1 aromatic rings. The second kappa shape index (κ2) is 30.4. The van der Waals surface area contributed by atoms with Gasteiger partial charge in [-0.3, -0.25) is 38.4 Å². The van der Waals surface area contributed by atoms with Gasteiger partial charge in [-0.25, -0.2) is 4.79 Å². The van der Waals surface area contributed by atoms with Gasteiger partial charge in [-0.1, -0.05) is 44.2 Å². The van der Waals surface area contributed by atoms with Crippen molar-refractivity contribution in [2.75, 3.05) is 26.2 Å². The number of hydrogen-bond donors (Lipinski definition) is 14. The normalized spacial score (nSPS) is 15.2. The van der Waals surface area contributed by atoms with Crippen LogP contribution >= 0.6 is 0 Å². The topological polar surface area (TPSA) is 389 Å². The molecule has 0 heterocycles. The molecule has 0 radical (unpaired) electrons. The average molecular weight is 922 g/mol. The van der Waals surface area contributed by atoms with Crippen LogP contribution in [-0.2, 0) is 49.6 Å². The Hall–Kier alpha value is -5.75. The average Bonchev–Trinajstić information content (AvgIpc) is 3.24. The summed E-state index contributed by atoms with van der Waals surface area (Å²) in [4.78, 5) is 117. The number of carboxylic acid groups (broad SMARTS) is 1. The van der Waals surface area contributed by atoms with Crippen LogP contribution < -0.4 is 59.7 Å². The molecule has 0 saturated heterocycles. The fraction of sp³-hybridized carbons (Fsp3) is 0.643. The molecular weight excluding hydrogens is 851 g/mol. The Labute approximate surface area is 379 Å². The molecule has 23 nitrogen and oxygen atoms in total. The van der Waals surface area contributed by atoms with Gasteiger partial charge < -0.3 is 75.1 Å². The van der Waals surface area contributed by atoms with Crippen LogP contribution in [0.25, 0.3) is 0 Å². The van der Waals surface area contributed by atoms with E-state index in [1.54, 1.807) is 44.2 Å². The molecule has 8 amide bonds. The van der Waals surface area contributed by atoms with Crippen molar-refractivity contribution < 1.29 is 58.5 Å². The number of unbranched alkanes of at least 4 members (excludes halogenated alkanes) is 2. The molecule has 0 aliphatic carbocycles. The Bertz CT molecular complexity index is 1710. The van der Waals surface area contributed by atoms with Crippen molar-refractivity contribution in [2.45, 2.75) is 140 Å². The highest BCUT2D eigenvalue weighted by molar-refractivity contribution is 5.97. The van der Waals surface area contributed by atoms with Crippen LogP contribution in [0.3, 0.4) is 0 Å². The largest absolute Gasteiger partial charge is 0.480 e. The van der Waals surface area contributed by atoms with E-state index >= 15 is 0 Å². The highest BCUT2D eigenvalue weighted by Gasteiger charge is 2.34. The lowest BCUT2D eigenvalue weighted by molar-refractivity contribution is -0.144. The standard InChI is InChI=1S/C42H71N11O12/c1-23(2)19-30(50-39(61)29(16-10-12-18-44)49-36(58)24(3)45)40(62)53-34(25(4)54)41(63)51-31(20-27-13-7-6-8-14-27)38(60)47-21-32(56)48-28(15-9-11-17-43)37(59)46-22-33(57)52-35(26(5)55)42(64)65/h6-8,13-14,23-26,28-31,34-35,54-55H,9-12,15-22,43-45H2,1-5H3,(H,46,59)(H,47,60)(H,48,56)(H,49,58)(H,50,61)(H,51,63)(H,52,57)(H,53,62)(H,64,65). The molecule has 0 bridgehead atoms. The third-order valence-electron chi connectivity index (χ3n) is 9.82. The molecule has 0 saturated carbocycles. The molecule has 1 rings (SSSR count). The number of carboxylic acids is 1. The predicted octanol–water partition coefficient (Wildman–Crippen LogP) is -4.13.